The van der Waals surface area contributed by atoms with E-state index in [1.54, 1.807) is 7.11 Å². The van der Waals surface area contributed by atoms with E-state index in [0.29, 0.717) is 6.61 Å². The fraction of sp³-hybridized carbons (Fsp3) is 0.500. The molecule has 3 aromatic rings. The summed E-state index contributed by atoms with van der Waals surface area (Å²) in [6.45, 7) is 2.05. The number of hydrogen-bond donors (Lipinski definition) is 1. The first-order valence-corrected chi connectivity index (χ1v) is 12.7. The van der Waals surface area contributed by atoms with Crippen molar-refractivity contribution in [2.45, 2.75) is 64.3 Å². The second-order valence-corrected chi connectivity index (χ2v) is 9.10. The molecule has 0 aliphatic heterocycles. The van der Waals surface area contributed by atoms with Gasteiger partial charge in [-0.25, -0.2) is 4.98 Å². The predicted molar refractivity (Wildman–Crippen MR) is 135 cm³/mol. The van der Waals surface area contributed by atoms with Gasteiger partial charge >= 0.3 is 0 Å². The van der Waals surface area contributed by atoms with Gasteiger partial charge in [0, 0.05) is 18.9 Å². The highest BCUT2D eigenvalue weighted by Crippen LogP contribution is 2.26. The highest BCUT2D eigenvalue weighted by molar-refractivity contribution is 5.78. The summed E-state index contributed by atoms with van der Waals surface area (Å²) in [6, 6.07) is 16.0. The van der Waals surface area contributed by atoms with Gasteiger partial charge in [-0.05, 0) is 49.9 Å². The van der Waals surface area contributed by atoms with E-state index in [0.717, 1.165) is 80.0 Å². The number of para-hydroxylation sites is 4. The van der Waals surface area contributed by atoms with Crippen LogP contribution in [0.25, 0.3) is 11.0 Å². The standard InChI is InChI=1S/C28H37N3O3/c1-33-25-16-9-10-17-26(25)34-21-20-31-24-15-8-7-14-23(24)30-27(31)18-6-3-11-19-29-28(32)22-12-4-2-5-13-22/h7-10,14-17,22H,2-6,11-13,18-21H2,1H3,(H,29,32). The van der Waals surface area contributed by atoms with Crippen molar-refractivity contribution in [3.05, 3.63) is 54.4 Å². The van der Waals surface area contributed by atoms with Crippen molar-refractivity contribution in [2.24, 2.45) is 5.92 Å². The number of imidazole rings is 1. The van der Waals surface area contributed by atoms with Crippen LogP contribution < -0.4 is 14.8 Å². The molecule has 1 fully saturated rings. The lowest BCUT2D eigenvalue weighted by atomic mass is 9.89. The summed E-state index contributed by atoms with van der Waals surface area (Å²) in [5.74, 6) is 3.10. The van der Waals surface area contributed by atoms with Crippen LogP contribution in [0.3, 0.4) is 0 Å². The Bertz CT molecular complexity index is 1060. The minimum atomic E-state index is 0.242. The van der Waals surface area contributed by atoms with Crippen molar-refractivity contribution < 1.29 is 14.3 Å². The van der Waals surface area contributed by atoms with Gasteiger partial charge in [-0.2, -0.15) is 0 Å². The number of nitrogens with one attached hydrogen (secondary N) is 1. The number of nitrogens with zero attached hydrogens (tertiary/aromatic N) is 2. The Labute approximate surface area is 202 Å². The van der Waals surface area contributed by atoms with Gasteiger partial charge in [0.15, 0.2) is 11.5 Å². The number of rotatable bonds is 12. The number of aromatic nitrogens is 2. The van der Waals surface area contributed by atoms with Crippen LogP contribution in [0.4, 0.5) is 0 Å². The second-order valence-electron chi connectivity index (χ2n) is 9.10. The lowest BCUT2D eigenvalue weighted by Gasteiger charge is -2.20. The van der Waals surface area contributed by atoms with Crippen molar-refractivity contribution >= 4 is 16.9 Å². The molecule has 0 atom stereocenters. The molecule has 0 unspecified atom stereocenters. The van der Waals surface area contributed by atoms with E-state index in [1.165, 1.54) is 19.3 Å². The molecule has 34 heavy (non-hydrogen) atoms. The van der Waals surface area contributed by atoms with E-state index < -0.39 is 0 Å². The number of carbonyl (C=O) groups excluding carboxylic acids is 1. The zero-order chi connectivity index (χ0) is 23.6. The Morgan fingerprint density at radius 2 is 1.76 bits per heavy atom. The van der Waals surface area contributed by atoms with Gasteiger partial charge in [0.1, 0.15) is 12.4 Å². The molecule has 1 heterocycles. The Morgan fingerprint density at radius 3 is 2.59 bits per heavy atom. The number of aryl methyl sites for hydroxylation is 1. The molecule has 1 amide bonds. The minimum Gasteiger partial charge on any atom is -0.493 e. The van der Waals surface area contributed by atoms with Crippen LogP contribution in [0.15, 0.2) is 48.5 Å². The number of unbranched alkanes of at least 4 members (excludes halogenated alkanes) is 2. The molecule has 1 N–H and O–H groups in total. The molecule has 0 spiro atoms. The van der Waals surface area contributed by atoms with Gasteiger partial charge in [0.25, 0.3) is 0 Å². The number of ether oxygens (including phenoxy) is 2. The van der Waals surface area contributed by atoms with E-state index in [-0.39, 0.29) is 11.8 Å². The van der Waals surface area contributed by atoms with Crippen LogP contribution >= 0.6 is 0 Å². The summed E-state index contributed by atoms with van der Waals surface area (Å²) in [5.41, 5.74) is 2.16. The third-order valence-corrected chi connectivity index (χ3v) is 6.73. The first-order valence-electron chi connectivity index (χ1n) is 12.7. The van der Waals surface area contributed by atoms with Gasteiger partial charge in [0.2, 0.25) is 5.91 Å². The Hall–Kier alpha value is -3.02. The molecule has 0 radical (unpaired) electrons. The lowest BCUT2D eigenvalue weighted by molar-refractivity contribution is -0.125. The Kier molecular flexibility index (Phi) is 8.83. The molecular weight excluding hydrogens is 426 g/mol. The molecule has 6 nitrogen and oxygen atoms in total. The van der Waals surface area contributed by atoms with E-state index in [4.69, 9.17) is 14.5 Å². The number of hydrogen-bond acceptors (Lipinski definition) is 4. The van der Waals surface area contributed by atoms with Gasteiger partial charge in [0.05, 0.1) is 24.7 Å². The first kappa shape index (κ1) is 24.1. The zero-order valence-electron chi connectivity index (χ0n) is 20.3. The van der Waals surface area contributed by atoms with Crippen LogP contribution in [-0.2, 0) is 17.8 Å². The third kappa shape index (κ3) is 6.31. The van der Waals surface area contributed by atoms with Crippen LogP contribution in [0.1, 0.15) is 57.2 Å². The molecule has 1 aliphatic carbocycles. The zero-order valence-corrected chi connectivity index (χ0v) is 20.3. The molecule has 1 aromatic heterocycles. The minimum absolute atomic E-state index is 0.242. The Balaban J connectivity index is 1.26. The quantitative estimate of drug-likeness (QED) is 0.359. The number of methoxy groups -OCH3 is 1. The summed E-state index contributed by atoms with van der Waals surface area (Å²) in [6.07, 6.45) is 9.84. The topological polar surface area (TPSA) is 65.4 Å². The third-order valence-electron chi connectivity index (χ3n) is 6.73. The van der Waals surface area contributed by atoms with Crippen molar-refractivity contribution in [1.29, 1.82) is 0 Å². The number of fused-ring (bicyclic) bond motifs is 1. The fourth-order valence-electron chi connectivity index (χ4n) is 4.86. The second kappa shape index (κ2) is 12.4. The van der Waals surface area contributed by atoms with Gasteiger partial charge in [-0.15, -0.1) is 0 Å². The lowest BCUT2D eigenvalue weighted by Crippen LogP contribution is -2.32. The summed E-state index contributed by atoms with van der Waals surface area (Å²) < 4.78 is 13.7. The van der Waals surface area contributed by atoms with Gasteiger partial charge in [-0.3, -0.25) is 4.79 Å². The van der Waals surface area contributed by atoms with Crippen molar-refractivity contribution in [3.63, 3.8) is 0 Å². The maximum Gasteiger partial charge on any atom is 0.223 e. The largest absolute Gasteiger partial charge is 0.493 e. The van der Waals surface area contributed by atoms with Crippen LogP contribution in [0.5, 0.6) is 11.5 Å². The predicted octanol–water partition coefficient (Wildman–Crippen LogP) is 5.53. The van der Waals surface area contributed by atoms with Crippen molar-refractivity contribution in [1.82, 2.24) is 14.9 Å². The highest BCUT2D eigenvalue weighted by Gasteiger charge is 2.20. The summed E-state index contributed by atoms with van der Waals surface area (Å²) >= 11 is 0. The summed E-state index contributed by atoms with van der Waals surface area (Å²) in [5, 5.41) is 3.15. The average Bonchev–Trinajstić information content (AvgIpc) is 3.24. The van der Waals surface area contributed by atoms with Crippen LogP contribution in [-0.4, -0.2) is 35.7 Å². The molecule has 182 valence electrons. The van der Waals surface area contributed by atoms with Gasteiger partial charge < -0.3 is 19.4 Å². The van der Waals surface area contributed by atoms with Crippen molar-refractivity contribution in [2.75, 3.05) is 20.3 Å². The molecule has 0 saturated heterocycles. The number of carbonyl (C=O) groups is 1. The van der Waals surface area contributed by atoms with E-state index in [9.17, 15) is 4.79 Å². The molecular formula is C28H37N3O3. The number of benzene rings is 2. The maximum atomic E-state index is 12.3. The monoisotopic (exact) mass is 463 g/mol. The number of amides is 1. The average molecular weight is 464 g/mol. The molecule has 1 saturated carbocycles. The molecule has 6 heteroatoms. The molecule has 4 rings (SSSR count). The van der Waals surface area contributed by atoms with E-state index >= 15 is 0 Å². The SMILES string of the molecule is COc1ccccc1OCCn1c(CCCCCNC(=O)C2CCCCC2)nc2ccccc21. The van der Waals surface area contributed by atoms with Crippen LogP contribution in [0.2, 0.25) is 0 Å². The van der Waals surface area contributed by atoms with Gasteiger partial charge in [-0.1, -0.05) is 49.9 Å². The fourth-order valence-corrected chi connectivity index (χ4v) is 4.86. The van der Waals surface area contributed by atoms with E-state index in [1.807, 2.05) is 30.3 Å². The first-order chi connectivity index (χ1) is 16.8. The molecule has 2 aromatic carbocycles. The normalized spacial score (nSPS) is 14.3. The summed E-state index contributed by atoms with van der Waals surface area (Å²) in [4.78, 5) is 17.2. The molecule has 1 aliphatic rings. The maximum absolute atomic E-state index is 12.3. The molecule has 0 bridgehead atoms. The smallest absolute Gasteiger partial charge is 0.223 e. The Morgan fingerprint density at radius 1 is 1.00 bits per heavy atom. The summed E-state index contributed by atoms with van der Waals surface area (Å²) in [7, 11) is 1.66. The van der Waals surface area contributed by atoms with E-state index in [2.05, 4.69) is 28.1 Å². The highest BCUT2D eigenvalue weighted by atomic mass is 16.5. The van der Waals surface area contributed by atoms with Crippen molar-refractivity contribution in [3.8, 4) is 11.5 Å². The van der Waals surface area contributed by atoms with Crippen LogP contribution in [0, 0.1) is 5.92 Å².